The number of nitrogens with one attached hydrogen (secondary N) is 1. The summed E-state index contributed by atoms with van der Waals surface area (Å²) in [6, 6.07) is 9.40. The Balaban J connectivity index is 1.71. The minimum Gasteiger partial charge on any atom is -0.477 e. The molecule has 0 saturated carbocycles. The second-order valence-corrected chi connectivity index (χ2v) is 6.62. The van der Waals surface area contributed by atoms with Gasteiger partial charge >= 0.3 is 12.1 Å². The SMILES string of the molecule is O=C(O)c1ccc(CF)c(-c2ccc3c(Nc4ccc(C(F)(F)F)cn4)ccnc3n2)n1. The van der Waals surface area contributed by atoms with Gasteiger partial charge in [0.1, 0.15) is 18.2 Å². The molecule has 0 saturated heterocycles. The van der Waals surface area contributed by atoms with Crippen molar-refractivity contribution in [1.82, 2.24) is 19.9 Å². The van der Waals surface area contributed by atoms with Gasteiger partial charge in [0.25, 0.3) is 0 Å². The standard InChI is InChI=1S/C21H13F4N5O2/c22-9-11-1-4-16(20(31)32)29-18(11)15-5-3-13-14(7-8-26-19(13)30-15)28-17-6-2-12(10-27-17)21(23,24)25/h1-8,10H,9H2,(H,31,32)(H,26,27,28,30). The number of fused-ring (bicyclic) bond motifs is 1. The minimum absolute atomic E-state index is 0.0823. The Morgan fingerprint density at radius 1 is 1.00 bits per heavy atom. The summed E-state index contributed by atoms with van der Waals surface area (Å²) in [7, 11) is 0. The van der Waals surface area contributed by atoms with E-state index in [1.807, 2.05) is 0 Å². The van der Waals surface area contributed by atoms with Crippen LogP contribution in [-0.2, 0) is 12.9 Å². The minimum atomic E-state index is -4.49. The molecule has 4 aromatic heterocycles. The highest BCUT2D eigenvalue weighted by Crippen LogP contribution is 2.31. The van der Waals surface area contributed by atoms with Gasteiger partial charge in [-0.1, -0.05) is 6.07 Å². The Labute approximate surface area is 177 Å². The van der Waals surface area contributed by atoms with E-state index in [-0.39, 0.29) is 34.1 Å². The maximum absolute atomic E-state index is 13.4. The van der Waals surface area contributed by atoms with E-state index in [1.54, 1.807) is 12.1 Å². The van der Waals surface area contributed by atoms with Crippen LogP contribution < -0.4 is 5.32 Å². The number of rotatable bonds is 5. The van der Waals surface area contributed by atoms with Crippen LogP contribution in [0.5, 0.6) is 0 Å². The Kier molecular flexibility index (Phi) is 5.39. The van der Waals surface area contributed by atoms with Crippen LogP contribution in [0.2, 0.25) is 0 Å². The molecule has 0 aliphatic rings. The van der Waals surface area contributed by atoms with Crippen LogP contribution >= 0.6 is 0 Å². The van der Waals surface area contributed by atoms with Crippen molar-refractivity contribution < 1.29 is 27.5 Å². The number of alkyl halides is 4. The van der Waals surface area contributed by atoms with Crippen molar-refractivity contribution >= 4 is 28.5 Å². The smallest absolute Gasteiger partial charge is 0.417 e. The summed E-state index contributed by atoms with van der Waals surface area (Å²) in [6.45, 7) is -0.865. The highest BCUT2D eigenvalue weighted by atomic mass is 19.4. The fraction of sp³-hybridized carbons (Fsp3) is 0.0952. The van der Waals surface area contributed by atoms with Crippen molar-refractivity contribution in [1.29, 1.82) is 0 Å². The van der Waals surface area contributed by atoms with Gasteiger partial charge in [0.05, 0.1) is 22.6 Å². The molecule has 2 N–H and O–H groups in total. The molecule has 4 rings (SSSR count). The lowest BCUT2D eigenvalue weighted by Crippen LogP contribution is -2.06. The third-order valence-electron chi connectivity index (χ3n) is 4.54. The molecular weight excluding hydrogens is 430 g/mol. The number of aromatic nitrogens is 4. The number of anilines is 2. The van der Waals surface area contributed by atoms with E-state index in [0.29, 0.717) is 11.1 Å². The van der Waals surface area contributed by atoms with E-state index >= 15 is 0 Å². The molecule has 0 bridgehead atoms. The van der Waals surface area contributed by atoms with Crippen LogP contribution in [0.25, 0.3) is 22.4 Å². The van der Waals surface area contributed by atoms with Crippen LogP contribution in [0.4, 0.5) is 29.1 Å². The first kappa shape index (κ1) is 21.1. The first-order valence-electron chi connectivity index (χ1n) is 9.12. The summed E-state index contributed by atoms with van der Waals surface area (Å²) < 4.78 is 51.6. The van der Waals surface area contributed by atoms with Crippen molar-refractivity contribution in [2.45, 2.75) is 12.9 Å². The normalized spacial score (nSPS) is 11.5. The number of carbonyl (C=O) groups is 1. The van der Waals surface area contributed by atoms with Gasteiger partial charge in [0.15, 0.2) is 5.65 Å². The maximum atomic E-state index is 13.4. The van der Waals surface area contributed by atoms with Gasteiger partial charge in [-0.05, 0) is 36.4 Å². The highest BCUT2D eigenvalue weighted by Gasteiger charge is 2.30. The number of halogens is 4. The summed E-state index contributed by atoms with van der Waals surface area (Å²) in [5.41, 5.74) is 0.0880. The zero-order chi connectivity index (χ0) is 22.9. The number of aromatic carboxylic acids is 1. The summed E-state index contributed by atoms with van der Waals surface area (Å²) in [5, 5.41) is 12.6. The average Bonchev–Trinajstić information content (AvgIpc) is 2.78. The zero-order valence-corrected chi connectivity index (χ0v) is 16.1. The lowest BCUT2D eigenvalue weighted by atomic mass is 10.1. The Hall–Kier alpha value is -4.15. The molecule has 7 nitrogen and oxygen atoms in total. The molecule has 4 heterocycles. The topological polar surface area (TPSA) is 101 Å². The molecule has 0 aliphatic heterocycles. The van der Waals surface area contributed by atoms with Gasteiger partial charge in [0, 0.05) is 23.3 Å². The van der Waals surface area contributed by atoms with E-state index in [1.165, 1.54) is 30.5 Å². The van der Waals surface area contributed by atoms with Gasteiger partial charge in [-0.2, -0.15) is 13.2 Å². The molecule has 0 unspecified atom stereocenters. The first-order valence-corrected chi connectivity index (χ1v) is 9.12. The fourth-order valence-electron chi connectivity index (χ4n) is 2.98. The highest BCUT2D eigenvalue weighted by molar-refractivity contribution is 5.92. The zero-order valence-electron chi connectivity index (χ0n) is 16.1. The van der Waals surface area contributed by atoms with E-state index in [4.69, 9.17) is 5.11 Å². The largest absolute Gasteiger partial charge is 0.477 e. The van der Waals surface area contributed by atoms with E-state index in [0.717, 1.165) is 12.3 Å². The molecular formula is C21H13F4N5O2. The molecule has 4 aromatic rings. The molecule has 0 atom stereocenters. The Morgan fingerprint density at radius 2 is 1.81 bits per heavy atom. The quantitative estimate of drug-likeness (QED) is 0.418. The van der Waals surface area contributed by atoms with Crippen molar-refractivity contribution in [3.8, 4) is 11.4 Å². The van der Waals surface area contributed by atoms with Crippen molar-refractivity contribution in [2.24, 2.45) is 0 Å². The molecule has 0 radical (unpaired) electrons. The molecule has 0 aromatic carbocycles. The fourth-order valence-corrected chi connectivity index (χ4v) is 2.98. The molecule has 11 heteroatoms. The molecule has 0 fully saturated rings. The second kappa shape index (κ2) is 8.17. The van der Waals surface area contributed by atoms with E-state index in [9.17, 15) is 22.4 Å². The summed E-state index contributed by atoms with van der Waals surface area (Å²) in [5.74, 6) is -1.07. The van der Waals surface area contributed by atoms with Gasteiger partial charge < -0.3 is 10.4 Å². The van der Waals surface area contributed by atoms with E-state index < -0.39 is 24.4 Å². The molecule has 0 amide bonds. The van der Waals surface area contributed by atoms with Crippen LogP contribution in [0.3, 0.4) is 0 Å². The van der Waals surface area contributed by atoms with Gasteiger partial charge in [0.2, 0.25) is 0 Å². The van der Waals surface area contributed by atoms with E-state index in [2.05, 4.69) is 25.3 Å². The van der Waals surface area contributed by atoms with Crippen LogP contribution in [0.15, 0.2) is 54.9 Å². The number of hydrogen-bond acceptors (Lipinski definition) is 6. The van der Waals surface area contributed by atoms with Crippen LogP contribution in [-0.4, -0.2) is 31.0 Å². The predicted octanol–water partition coefficient (Wildman–Crippen LogP) is 5.02. The van der Waals surface area contributed by atoms with Crippen LogP contribution in [0, 0.1) is 0 Å². The van der Waals surface area contributed by atoms with Crippen molar-refractivity contribution in [3.05, 3.63) is 71.7 Å². The molecule has 0 spiro atoms. The van der Waals surface area contributed by atoms with Gasteiger partial charge in [-0.25, -0.2) is 29.1 Å². The lowest BCUT2D eigenvalue weighted by molar-refractivity contribution is -0.137. The maximum Gasteiger partial charge on any atom is 0.417 e. The predicted molar refractivity (Wildman–Crippen MR) is 107 cm³/mol. The monoisotopic (exact) mass is 443 g/mol. The molecule has 32 heavy (non-hydrogen) atoms. The molecule has 162 valence electrons. The summed E-state index contributed by atoms with van der Waals surface area (Å²) >= 11 is 0. The van der Waals surface area contributed by atoms with Gasteiger partial charge in [-0.3, -0.25) is 0 Å². The second-order valence-electron chi connectivity index (χ2n) is 6.62. The lowest BCUT2D eigenvalue weighted by Gasteiger charge is -2.11. The first-order chi connectivity index (χ1) is 15.3. The summed E-state index contributed by atoms with van der Waals surface area (Å²) in [6.07, 6.45) is -2.33. The number of hydrogen-bond donors (Lipinski definition) is 2. The average molecular weight is 443 g/mol. The summed E-state index contributed by atoms with van der Waals surface area (Å²) in [4.78, 5) is 27.5. The Bertz CT molecular complexity index is 1310. The molecule has 0 aliphatic carbocycles. The number of nitrogens with zero attached hydrogens (tertiary/aromatic N) is 4. The third-order valence-corrected chi connectivity index (χ3v) is 4.54. The Morgan fingerprint density at radius 3 is 2.47 bits per heavy atom. The number of pyridine rings is 4. The van der Waals surface area contributed by atoms with Crippen molar-refractivity contribution in [3.63, 3.8) is 0 Å². The van der Waals surface area contributed by atoms with Crippen molar-refractivity contribution in [2.75, 3.05) is 5.32 Å². The number of carboxylic acid groups (broad SMARTS) is 1. The number of carboxylic acids is 1. The third kappa shape index (κ3) is 4.17. The van der Waals surface area contributed by atoms with Crippen LogP contribution in [0.1, 0.15) is 21.6 Å². The van der Waals surface area contributed by atoms with Gasteiger partial charge in [-0.15, -0.1) is 0 Å².